The maximum atomic E-state index is 12.6. The number of anilines is 1. The largest absolute Gasteiger partial charge is 0.493 e. The van der Waals surface area contributed by atoms with Crippen LogP contribution in [-0.4, -0.2) is 68.4 Å². The van der Waals surface area contributed by atoms with Crippen molar-refractivity contribution < 1.29 is 27.4 Å². The lowest BCUT2D eigenvalue weighted by molar-refractivity contribution is 0.202. The Balaban J connectivity index is 1.56. The first-order valence-electron chi connectivity index (χ1n) is 10.9. The number of fused-ring (bicyclic) bond motifs is 1. The van der Waals surface area contributed by atoms with E-state index in [4.69, 9.17) is 18.9 Å². The quantitative estimate of drug-likeness (QED) is 0.349. The smallest absolute Gasteiger partial charge is 0.316 e. The molecule has 2 N–H and O–H groups in total. The van der Waals surface area contributed by atoms with Crippen LogP contribution in [0.15, 0.2) is 36.9 Å². The fraction of sp³-hybridized carbons (Fsp3) is 0.364. The fourth-order valence-electron chi connectivity index (χ4n) is 3.31. The summed E-state index contributed by atoms with van der Waals surface area (Å²) < 4.78 is 51.9. The van der Waals surface area contributed by atoms with Gasteiger partial charge in [-0.15, -0.1) is 0 Å². The third-order valence-corrected chi connectivity index (χ3v) is 5.98. The first-order valence-corrected chi connectivity index (χ1v) is 12.3. The molecule has 2 aromatic heterocycles. The highest BCUT2D eigenvalue weighted by molar-refractivity contribution is 7.90. The van der Waals surface area contributed by atoms with Gasteiger partial charge < -0.3 is 18.9 Å². The second kappa shape index (κ2) is 11.3. The Kier molecular flexibility index (Phi) is 7.90. The highest BCUT2D eigenvalue weighted by Crippen LogP contribution is 2.38. The molecule has 0 saturated heterocycles. The van der Waals surface area contributed by atoms with Crippen molar-refractivity contribution in [2.45, 2.75) is 13.3 Å². The average Bonchev–Trinajstić information content (AvgIpc) is 3.31. The molecule has 3 aromatic rings. The summed E-state index contributed by atoms with van der Waals surface area (Å²) >= 11 is 0. The van der Waals surface area contributed by atoms with Gasteiger partial charge in [-0.2, -0.15) is 13.1 Å². The number of hydrogen-bond donors (Lipinski definition) is 2. The first kappa shape index (κ1) is 24.6. The van der Waals surface area contributed by atoms with E-state index in [0.29, 0.717) is 17.7 Å². The lowest BCUT2D eigenvalue weighted by Crippen LogP contribution is -2.33. The van der Waals surface area contributed by atoms with Crippen LogP contribution in [0.3, 0.4) is 0 Å². The molecular formula is C22H26N6O6S. The number of aryl methyl sites for hydroxylation is 1. The molecule has 1 aliphatic heterocycles. The second-order valence-electron chi connectivity index (χ2n) is 7.56. The van der Waals surface area contributed by atoms with Crippen LogP contribution in [0.5, 0.6) is 17.6 Å². The van der Waals surface area contributed by atoms with E-state index in [1.807, 2.05) is 25.1 Å². The lowest BCUT2D eigenvalue weighted by atomic mass is 10.0. The molecule has 1 aliphatic rings. The van der Waals surface area contributed by atoms with Gasteiger partial charge in [-0.1, -0.05) is 12.1 Å². The summed E-state index contributed by atoms with van der Waals surface area (Å²) in [7, 11) is -2.44. The van der Waals surface area contributed by atoms with Crippen molar-refractivity contribution in [2.24, 2.45) is 0 Å². The number of aromatic nitrogens is 4. The van der Waals surface area contributed by atoms with E-state index >= 15 is 0 Å². The summed E-state index contributed by atoms with van der Waals surface area (Å²) in [5.74, 6) is 0.964. The second-order valence-corrected chi connectivity index (χ2v) is 9.06. The zero-order valence-electron chi connectivity index (χ0n) is 19.4. The minimum absolute atomic E-state index is 0.0562. The predicted octanol–water partition coefficient (Wildman–Crippen LogP) is 1.53. The van der Waals surface area contributed by atoms with E-state index in [1.54, 1.807) is 12.4 Å². The molecule has 0 atom stereocenters. The van der Waals surface area contributed by atoms with Crippen LogP contribution in [0, 0.1) is 6.92 Å². The Bertz CT molecular complexity index is 1260. The van der Waals surface area contributed by atoms with Gasteiger partial charge in [0.2, 0.25) is 5.88 Å². The number of hydrogen-bond acceptors (Lipinski definition) is 10. The van der Waals surface area contributed by atoms with Crippen LogP contribution in [-0.2, 0) is 21.4 Å². The predicted molar refractivity (Wildman–Crippen MR) is 127 cm³/mol. The van der Waals surface area contributed by atoms with Crippen LogP contribution < -0.4 is 23.7 Å². The van der Waals surface area contributed by atoms with Gasteiger partial charge in [0, 0.05) is 32.5 Å². The lowest BCUT2D eigenvalue weighted by Gasteiger charge is -2.16. The summed E-state index contributed by atoms with van der Waals surface area (Å²) in [5, 5.41) is 0. The third kappa shape index (κ3) is 6.53. The number of nitrogens with one attached hydrogen (secondary N) is 2. The molecule has 35 heavy (non-hydrogen) atoms. The van der Waals surface area contributed by atoms with Crippen molar-refractivity contribution in [3.8, 4) is 28.8 Å². The van der Waals surface area contributed by atoms with Gasteiger partial charge in [0.25, 0.3) is 10.2 Å². The summed E-state index contributed by atoms with van der Waals surface area (Å²) in [6.07, 6.45) is 5.34. The molecule has 0 aliphatic carbocycles. The van der Waals surface area contributed by atoms with Crippen LogP contribution in [0.2, 0.25) is 0 Å². The molecule has 0 unspecified atom stereocenters. The molecule has 0 fully saturated rings. The average molecular weight is 503 g/mol. The molecule has 186 valence electrons. The van der Waals surface area contributed by atoms with Gasteiger partial charge >= 0.3 is 6.01 Å². The van der Waals surface area contributed by atoms with E-state index < -0.39 is 10.2 Å². The molecule has 0 spiro atoms. The zero-order chi connectivity index (χ0) is 24.7. The van der Waals surface area contributed by atoms with Gasteiger partial charge in [-0.25, -0.2) is 19.9 Å². The molecule has 1 aromatic carbocycles. The van der Waals surface area contributed by atoms with Crippen molar-refractivity contribution in [2.75, 3.05) is 44.8 Å². The molecular weight excluding hydrogens is 476 g/mol. The van der Waals surface area contributed by atoms with Gasteiger partial charge in [-0.3, -0.25) is 4.72 Å². The zero-order valence-corrected chi connectivity index (χ0v) is 20.2. The highest BCUT2D eigenvalue weighted by Gasteiger charge is 2.22. The third-order valence-electron chi connectivity index (χ3n) is 4.94. The summed E-state index contributed by atoms with van der Waals surface area (Å²) in [5.41, 5.74) is 3.00. The Morgan fingerprint density at radius 1 is 1.06 bits per heavy atom. The molecule has 0 bridgehead atoms. The van der Waals surface area contributed by atoms with Crippen LogP contribution >= 0.6 is 0 Å². The normalized spacial score (nSPS) is 12.6. The van der Waals surface area contributed by atoms with Gasteiger partial charge in [-0.05, 0) is 29.7 Å². The maximum Gasteiger partial charge on any atom is 0.316 e. The van der Waals surface area contributed by atoms with E-state index in [9.17, 15) is 8.42 Å². The molecule has 12 nitrogen and oxygen atoms in total. The van der Waals surface area contributed by atoms with Crippen LogP contribution in [0.25, 0.3) is 11.1 Å². The Morgan fingerprint density at radius 3 is 2.66 bits per heavy atom. The SMILES string of the molecule is COCCNS(=O)(=O)Nc1ncnc(OCCOc2ncc(C)cn2)c1-c1ccc2c(c1)OCC2. The van der Waals surface area contributed by atoms with Crippen molar-refractivity contribution >= 4 is 16.0 Å². The number of nitrogens with zero attached hydrogens (tertiary/aromatic N) is 4. The van der Waals surface area contributed by atoms with Gasteiger partial charge in [0.15, 0.2) is 5.82 Å². The summed E-state index contributed by atoms with van der Waals surface area (Å²) in [6.45, 7) is 3.06. The summed E-state index contributed by atoms with van der Waals surface area (Å²) in [4.78, 5) is 16.6. The minimum atomic E-state index is -3.93. The van der Waals surface area contributed by atoms with Gasteiger partial charge in [0.05, 0.1) is 18.8 Å². The van der Waals surface area contributed by atoms with Crippen LogP contribution in [0.4, 0.5) is 5.82 Å². The molecule has 13 heteroatoms. The standard InChI is InChI=1S/C22H26N6O6S/c1-15-12-23-22(24-13-15)34-10-9-33-21-19(17-4-3-16-5-7-32-18(16)11-17)20(25-14-26-21)28-35(29,30)27-6-8-31-2/h3-4,11-14,27H,5-10H2,1-2H3,(H,25,26,28). The maximum absolute atomic E-state index is 12.6. The van der Waals surface area contributed by atoms with Crippen molar-refractivity contribution in [3.63, 3.8) is 0 Å². The Hall–Kier alpha value is -3.55. The number of benzene rings is 1. The molecule has 0 saturated carbocycles. The van der Waals surface area contributed by atoms with Crippen molar-refractivity contribution in [1.29, 1.82) is 0 Å². The topological polar surface area (TPSA) is 147 Å². The van der Waals surface area contributed by atoms with E-state index in [1.165, 1.54) is 13.4 Å². The first-order chi connectivity index (χ1) is 16.9. The van der Waals surface area contributed by atoms with E-state index in [2.05, 4.69) is 29.4 Å². The summed E-state index contributed by atoms with van der Waals surface area (Å²) in [6, 6.07) is 5.84. The minimum Gasteiger partial charge on any atom is -0.493 e. The van der Waals surface area contributed by atoms with Crippen molar-refractivity contribution in [3.05, 3.63) is 48.0 Å². The molecule has 0 amide bonds. The van der Waals surface area contributed by atoms with Gasteiger partial charge in [0.1, 0.15) is 25.3 Å². The fourth-order valence-corrected chi connectivity index (χ4v) is 4.14. The Morgan fingerprint density at radius 2 is 1.86 bits per heavy atom. The Labute approximate surface area is 203 Å². The number of methoxy groups -OCH3 is 1. The molecule has 0 radical (unpaired) electrons. The number of ether oxygens (including phenoxy) is 4. The highest BCUT2D eigenvalue weighted by atomic mass is 32.2. The molecule has 4 rings (SSSR count). The van der Waals surface area contributed by atoms with E-state index in [0.717, 1.165) is 23.3 Å². The van der Waals surface area contributed by atoms with E-state index in [-0.39, 0.29) is 44.1 Å². The monoisotopic (exact) mass is 502 g/mol. The number of rotatable bonds is 12. The molecule has 3 heterocycles. The van der Waals surface area contributed by atoms with Crippen molar-refractivity contribution in [1.82, 2.24) is 24.7 Å². The van der Waals surface area contributed by atoms with Crippen LogP contribution in [0.1, 0.15) is 11.1 Å².